The Morgan fingerprint density at radius 1 is 0.943 bits per heavy atom. The molecule has 0 aliphatic carbocycles. The number of anilines is 1. The number of hydrogen-bond donors (Lipinski definition) is 6. The molecule has 35 heavy (non-hydrogen) atoms. The van der Waals surface area contributed by atoms with E-state index in [4.69, 9.17) is 15.7 Å². The molecule has 0 fully saturated rings. The molecule has 3 rings (SSSR count). The lowest BCUT2D eigenvalue weighted by molar-refractivity contribution is -0.121. The molecule has 0 spiro atoms. The fourth-order valence-electron chi connectivity index (χ4n) is 3.24. The molecule has 0 aliphatic rings. The molecule has 1 atom stereocenters. The molecule has 0 aliphatic heterocycles. The smallest absolute Gasteiger partial charge is 0.336 e. The Balaban J connectivity index is 0.000000784. The highest BCUT2D eigenvalue weighted by molar-refractivity contribution is 7.85. The second-order valence-electron chi connectivity index (χ2n) is 7.35. The predicted molar refractivity (Wildman–Crippen MR) is 134 cm³/mol. The van der Waals surface area contributed by atoms with Gasteiger partial charge in [-0.15, -0.1) is 0 Å². The number of amidine groups is 1. The number of nitrogens with one attached hydrogen (secondary N) is 3. The summed E-state index contributed by atoms with van der Waals surface area (Å²) in [5, 5.41) is 23.0. The number of carbonyl (C=O) groups is 2. The number of carboxylic acid groups (broad SMARTS) is 1. The topological polar surface area (TPSA) is 183 Å². The first-order valence-corrected chi connectivity index (χ1v) is 12.0. The Labute approximate surface area is 203 Å². The van der Waals surface area contributed by atoms with Gasteiger partial charge in [0.05, 0.1) is 11.8 Å². The minimum atomic E-state index is -3.67. The van der Waals surface area contributed by atoms with E-state index in [2.05, 4.69) is 10.6 Å². The van der Waals surface area contributed by atoms with E-state index >= 15 is 0 Å². The molecule has 1 unspecified atom stereocenters. The molecule has 0 radical (unpaired) electrons. The molecule has 3 aromatic rings. The highest BCUT2D eigenvalue weighted by Gasteiger charge is 2.24. The summed E-state index contributed by atoms with van der Waals surface area (Å²) >= 11 is 0. The third-order valence-electron chi connectivity index (χ3n) is 4.73. The number of nitrogens with two attached hydrogens (primary N) is 1. The largest absolute Gasteiger partial charge is 0.478 e. The Morgan fingerprint density at radius 3 is 1.97 bits per heavy atom. The van der Waals surface area contributed by atoms with Crippen molar-refractivity contribution in [3.8, 4) is 11.1 Å². The number of amides is 1. The second kappa shape index (κ2) is 11.8. The molecule has 10 nitrogen and oxygen atoms in total. The lowest BCUT2D eigenvalue weighted by atomic mass is 9.91. The number of likely N-dealkylation sites (N-methyl/N-ethyl adjacent to an activating group) is 1. The fourth-order valence-corrected chi connectivity index (χ4v) is 3.24. The van der Waals surface area contributed by atoms with Gasteiger partial charge in [0, 0.05) is 18.3 Å². The van der Waals surface area contributed by atoms with Gasteiger partial charge in [-0.05, 0) is 47.0 Å². The monoisotopic (exact) mass is 498 g/mol. The van der Waals surface area contributed by atoms with Gasteiger partial charge in [-0.2, -0.15) is 8.42 Å². The number of carboxylic acids is 1. The van der Waals surface area contributed by atoms with Crippen molar-refractivity contribution in [3.63, 3.8) is 0 Å². The number of benzene rings is 3. The molecule has 0 bridgehead atoms. The molecular weight excluding hydrogens is 472 g/mol. The van der Waals surface area contributed by atoms with Crippen molar-refractivity contribution in [2.45, 2.75) is 6.04 Å². The van der Waals surface area contributed by atoms with Crippen LogP contribution in [0.4, 0.5) is 5.69 Å². The molecule has 7 N–H and O–H groups in total. The van der Waals surface area contributed by atoms with Crippen LogP contribution < -0.4 is 16.4 Å². The number of nitrogen functional groups attached to an aromatic ring is 1. The van der Waals surface area contributed by atoms with Gasteiger partial charge >= 0.3 is 5.97 Å². The summed E-state index contributed by atoms with van der Waals surface area (Å²) in [5.41, 5.74) is 8.72. The minimum Gasteiger partial charge on any atom is -0.478 e. The first-order valence-electron chi connectivity index (χ1n) is 10.2. The second-order valence-corrected chi connectivity index (χ2v) is 8.82. The van der Waals surface area contributed by atoms with Crippen LogP contribution >= 0.6 is 0 Å². The predicted octanol–water partition coefficient (Wildman–Crippen LogP) is 2.74. The summed E-state index contributed by atoms with van der Waals surface area (Å²) in [7, 11) is -2.12. The lowest BCUT2D eigenvalue weighted by Crippen LogP contribution is -2.31. The molecule has 3 aromatic carbocycles. The van der Waals surface area contributed by atoms with Crippen LogP contribution in [0.2, 0.25) is 0 Å². The van der Waals surface area contributed by atoms with Crippen LogP contribution in [0, 0.1) is 5.41 Å². The van der Waals surface area contributed by atoms with Crippen molar-refractivity contribution >= 4 is 33.5 Å². The summed E-state index contributed by atoms with van der Waals surface area (Å²) in [5.74, 6) is -1.35. The highest BCUT2D eigenvalue weighted by atomic mass is 32.2. The van der Waals surface area contributed by atoms with Gasteiger partial charge in [0.1, 0.15) is 11.9 Å². The zero-order chi connectivity index (χ0) is 26.2. The number of aromatic carboxylic acids is 1. The third kappa shape index (κ3) is 7.95. The summed E-state index contributed by atoms with van der Waals surface area (Å²) in [4.78, 5) is 24.5. The van der Waals surface area contributed by atoms with Crippen molar-refractivity contribution in [1.29, 1.82) is 5.41 Å². The van der Waals surface area contributed by atoms with Crippen LogP contribution in [-0.2, 0) is 14.9 Å². The molecule has 11 heteroatoms. The van der Waals surface area contributed by atoms with Crippen LogP contribution in [0.1, 0.15) is 27.5 Å². The molecule has 0 heterocycles. The SMILES string of the molecule is CNC(=O)C(Nc1ccc(C(=N)N)cc1)c1ccccc1-c1ccccc1C(=O)O.CS(=O)(=O)O. The zero-order valence-electron chi connectivity index (χ0n) is 19.0. The van der Waals surface area contributed by atoms with Gasteiger partial charge in [-0.25, -0.2) is 4.79 Å². The van der Waals surface area contributed by atoms with E-state index in [1.165, 1.54) is 6.07 Å². The first-order chi connectivity index (χ1) is 16.4. The van der Waals surface area contributed by atoms with Crippen molar-refractivity contribution in [2.24, 2.45) is 5.73 Å². The zero-order valence-corrected chi connectivity index (χ0v) is 19.8. The maximum Gasteiger partial charge on any atom is 0.336 e. The van der Waals surface area contributed by atoms with E-state index in [9.17, 15) is 23.1 Å². The van der Waals surface area contributed by atoms with Gasteiger partial charge in [0.25, 0.3) is 10.1 Å². The molecule has 0 saturated heterocycles. The Bertz CT molecular complexity index is 1320. The maximum absolute atomic E-state index is 12.8. The molecule has 0 aromatic heterocycles. The first kappa shape index (κ1) is 27.0. The Hall–Kier alpha value is -4.22. The summed E-state index contributed by atoms with van der Waals surface area (Å²) in [6, 6.07) is 20.0. The van der Waals surface area contributed by atoms with Crippen molar-refractivity contribution in [2.75, 3.05) is 18.6 Å². The van der Waals surface area contributed by atoms with E-state index in [-0.39, 0.29) is 17.3 Å². The Kier molecular flexibility index (Phi) is 9.09. The van der Waals surface area contributed by atoms with E-state index in [0.29, 0.717) is 34.2 Å². The van der Waals surface area contributed by atoms with Crippen LogP contribution in [0.5, 0.6) is 0 Å². The quantitative estimate of drug-likeness (QED) is 0.163. The van der Waals surface area contributed by atoms with Gasteiger partial charge in [-0.1, -0.05) is 42.5 Å². The highest BCUT2D eigenvalue weighted by Crippen LogP contribution is 2.32. The standard InChI is InChI=1S/C23H22N4O3.CH4O3S/c1-26-22(28)20(27-15-12-10-14(11-13-15)21(24)25)18-8-4-2-6-16(18)17-7-3-5-9-19(17)23(29)30;1-5(2,3)4/h2-13,20,27H,1H3,(H3,24,25)(H,26,28)(H,29,30);1H3,(H,2,3,4). The van der Waals surface area contributed by atoms with Crippen molar-refractivity contribution < 1.29 is 27.7 Å². The summed E-state index contributed by atoms with van der Waals surface area (Å²) < 4.78 is 25.9. The average Bonchev–Trinajstić information content (AvgIpc) is 2.81. The molecule has 1 amide bonds. The fraction of sp³-hybridized carbons (Fsp3) is 0.125. The molecule has 184 valence electrons. The van der Waals surface area contributed by atoms with Gasteiger partial charge < -0.3 is 21.5 Å². The van der Waals surface area contributed by atoms with Gasteiger partial charge in [0.2, 0.25) is 5.91 Å². The maximum atomic E-state index is 12.8. The van der Waals surface area contributed by atoms with E-state index < -0.39 is 22.1 Å². The van der Waals surface area contributed by atoms with E-state index in [1.54, 1.807) is 73.8 Å². The third-order valence-corrected chi connectivity index (χ3v) is 4.73. The molecular formula is C24H26N4O6S. The number of hydrogen-bond acceptors (Lipinski definition) is 6. The van der Waals surface area contributed by atoms with Crippen LogP contribution in [0.15, 0.2) is 72.8 Å². The molecule has 0 saturated carbocycles. The van der Waals surface area contributed by atoms with Crippen LogP contribution in [0.3, 0.4) is 0 Å². The average molecular weight is 499 g/mol. The van der Waals surface area contributed by atoms with E-state index in [1.807, 2.05) is 0 Å². The lowest BCUT2D eigenvalue weighted by Gasteiger charge is -2.22. The van der Waals surface area contributed by atoms with Crippen molar-refractivity contribution in [1.82, 2.24) is 5.32 Å². The van der Waals surface area contributed by atoms with Crippen molar-refractivity contribution in [3.05, 3.63) is 89.5 Å². The Morgan fingerprint density at radius 2 is 1.46 bits per heavy atom. The van der Waals surface area contributed by atoms with E-state index in [0.717, 1.165) is 0 Å². The number of rotatable bonds is 7. The normalized spacial score (nSPS) is 11.4. The number of carbonyl (C=O) groups excluding carboxylic acids is 1. The summed E-state index contributed by atoms with van der Waals surface area (Å²) in [6.07, 6.45) is 0.715. The van der Waals surface area contributed by atoms with Crippen LogP contribution in [-0.4, -0.2) is 49.1 Å². The van der Waals surface area contributed by atoms with Gasteiger partial charge in [0.15, 0.2) is 0 Å². The summed E-state index contributed by atoms with van der Waals surface area (Å²) in [6.45, 7) is 0. The minimum absolute atomic E-state index is 0.0416. The van der Waals surface area contributed by atoms with Crippen LogP contribution in [0.25, 0.3) is 11.1 Å². The van der Waals surface area contributed by atoms with Gasteiger partial charge in [-0.3, -0.25) is 14.8 Å².